The fourth-order valence-electron chi connectivity index (χ4n) is 5.45. The van der Waals surface area contributed by atoms with Crippen molar-refractivity contribution < 1.29 is 0 Å². The quantitative estimate of drug-likeness (QED) is 0.187. The third kappa shape index (κ3) is 4.86. The molecule has 2 nitrogen and oxygen atoms in total. The summed E-state index contributed by atoms with van der Waals surface area (Å²) in [6, 6.07) is 47.6. The minimum atomic E-state index is -0.574. The van der Waals surface area contributed by atoms with Crippen molar-refractivity contribution in [2.24, 2.45) is 0 Å². The van der Waals surface area contributed by atoms with Crippen molar-refractivity contribution in [2.45, 2.75) is 18.9 Å². The van der Waals surface area contributed by atoms with Crippen LogP contribution in [0.3, 0.4) is 0 Å². The molecular weight excluding hydrogens is 540 g/mol. The highest BCUT2D eigenvalue weighted by Gasteiger charge is 2.38. The average molecular weight is 570 g/mol. The largest absolute Gasteiger partial charge is 0.257 e. The van der Waals surface area contributed by atoms with Crippen molar-refractivity contribution >= 4 is 15.9 Å². The monoisotopic (exact) mass is 568 g/mol. The molecule has 0 aliphatic carbocycles. The topological polar surface area (TPSA) is 17.8 Å². The minimum absolute atomic E-state index is 0.574. The molecule has 39 heavy (non-hydrogen) atoms. The van der Waals surface area contributed by atoms with Crippen molar-refractivity contribution in [1.82, 2.24) is 9.78 Å². The van der Waals surface area contributed by atoms with Crippen LogP contribution in [0.2, 0.25) is 0 Å². The molecule has 0 saturated carbocycles. The molecule has 6 aromatic rings. The first kappa shape index (κ1) is 25.1. The predicted octanol–water partition coefficient (Wildman–Crippen LogP) is 9.32. The lowest BCUT2D eigenvalue weighted by molar-refractivity contribution is 0.384. The van der Waals surface area contributed by atoms with E-state index >= 15 is 0 Å². The summed E-state index contributed by atoms with van der Waals surface area (Å²) in [5.74, 6) is 0. The fraction of sp³-hybridized carbons (Fsp3) is 0.0833. The Bertz CT molecular complexity index is 1660. The normalized spacial score (nSPS) is 12.7. The van der Waals surface area contributed by atoms with Crippen molar-refractivity contribution in [1.29, 1.82) is 0 Å². The smallest absolute Gasteiger partial charge is 0.117 e. The maximum atomic E-state index is 4.88. The van der Waals surface area contributed by atoms with Crippen LogP contribution in [-0.2, 0) is 12.0 Å². The molecule has 0 aliphatic rings. The van der Waals surface area contributed by atoms with Gasteiger partial charge in [-0.3, -0.25) is 4.68 Å². The SMILES string of the molecule is Cc1ccc(-c2cc(C(Cc3ccccc3)(c3ccccc3)n3cccn3)cc(-c3ccccc3)c2Br)cc1. The van der Waals surface area contributed by atoms with E-state index in [9.17, 15) is 0 Å². The van der Waals surface area contributed by atoms with Crippen LogP contribution < -0.4 is 0 Å². The first-order chi connectivity index (χ1) is 19.1. The van der Waals surface area contributed by atoms with Crippen LogP contribution in [-0.4, -0.2) is 9.78 Å². The minimum Gasteiger partial charge on any atom is -0.257 e. The molecule has 0 radical (unpaired) electrons. The molecule has 0 spiro atoms. The molecule has 1 aromatic heterocycles. The van der Waals surface area contributed by atoms with E-state index in [0.29, 0.717) is 0 Å². The number of nitrogens with zero attached hydrogens (tertiary/aromatic N) is 2. The number of hydrogen-bond donors (Lipinski definition) is 0. The lowest BCUT2D eigenvalue weighted by Gasteiger charge is -2.37. The van der Waals surface area contributed by atoms with Gasteiger partial charge in [0.25, 0.3) is 0 Å². The van der Waals surface area contributed by atoms with Crippen molar-refractivity contribution in [3.8, 4) is 22.3 Å². The molecule has 0 N–H and O–H groups in total. The summed E-state index contributed by atoms with van der Waals surface area (Å²) in [7, 11) is 0. The van der Waals surface area contributed by atoms with Crippen molar-refractivity contribution in [3.05, 3.63) is 173 Å². The second-order valence-electron chi connectivity index (χ2n) is 9.96. The van der Waals surface area contributed by atoms with Gasteiger partial charge in [-0.1, -0.05) is 121 Å². The molecule has 6 rings (SSSR count). The number of aryl methyl sites for hydroxylation is 1. The highest BCUT2D eigenvalue weighted by molar-refractivity contribution is 9.10. The van der Waals surface area contributed by atoms with Crippen molar-refractivity contribution in [3.63, 3.8) is 0 Å². The van der Waals surface area contributed by atoms with Gasteiger partial charge in [0.15, 0.2) is 0 Å². The molecule has 1 unspecified atom stereocenters. The summed E-state index contributed by atoms with van der Waals surface area (Å²) < 4.78 is 3.22. The van der Waals surface area contributed by atoms with Gasteiger partial charge in [-0.2, -0.15) is 5.10 Å². The Labute approximate surface area is 238 Å². The van der Waals surface area contributed by atoms with Gasteiger partial charge < -0.3 is 0 Å². The number of rotatable bonds is 7. The van der Waals surface area contributed by atoms with Crippen LogP contribution in [0, 0.1) is 6.92 Å². The van der Waals surface area contributed by atoms with Gasteiger partial charge in [-0.05, 0) is 80.0 Å². The zero-order valence-corrected chi connectivity index (χ0v) is 23.4. The van der Waals surface area contributed by atoms with Crippen LogP contribution in [0.4, 0.5) is 0 Å². The average Bonchev–Trinajstić information content (AvgIpc) is 3.54. The van der Waals surface area contributed by atoms with Crippen LogP contribution in [0.1, 0.15) is 22.3 Å². The highest BCUT2D eigenvalue weighted by Crippen LogP contribution is 2.44. The molecule has 0 fully saturated rings. The van der Waals surface area contributed by atoms with E-state index in [1.807, 2.05) is 12.3 Å². The Balaban J connectivity index is 1.70. The molecule has 0 aliphatic heterocycles. The Morgan fingerprint density at radius 2 is 1.21 bits per heavy atom. The van der Waals surface area contributed by atoms with Gasteiger partial charge in [-0.25, -0.2) is 0 Å². The van der Waals surface area contributed by atoms with E-state index in [1.165, 1.54) is 33.4 Å². The Kier molecular flexibility index (Phi) is 7.00. The van der Waals surface area contributed by atoms with Gasteiger partial charge in [0.05, 0.1) is 0 Å². The van der Waals surface area contributed by atoms with E-state index in [0.717, 1.165) is 22.0 Å². The lowest BCUT2D eigenvalue weighted by atomic mass is 9.76. The van der Waals surface area contributed by atoms with Crippen LogP contribution in [0.5, 0.6) is 0 Å². The predicted molar refractivity (Wildman–Crippen MR) is 165 cm³/mol. The Morgan fingerprint density at radius 1 is 0.641 bits per heavy atom. The molecule has 190 valence electrons. The Morgan fingerprint density at radius 3 is 1.79 bits per heavy atom. The number of benzene rings is 5. The first-order valence-electron chi connectivity index (χ1n) is 13.2. The molecule has 0 bridgehead atoms. The summed E-state index contributed by atoms with van der Waals surface area (Å²) in [5, 5.41) is 4.88. The molecule has 5 aromatic carbocycles. The Hall–Kier alpha value is -4.21. The zero-order chi connectivity index (χ0) is 26.7. The summed E-state index contributed by atoms with van der Waals surface area (Å²) in [5.41, 5.74) is 8.95. The number of hydrogen-bond acceptors (Lipinski definition) is 1. The second-order valence-corrected chi connectivity index (χ2v) is 10.7. The lowest BCUT2D eigenvalue weighted by Crippen LogP contribution is -2.39. The third-order valence-corrected chi connectivity index (χ3v) is 8.30. The summed E-state index contributed by atoms with van der Waals surface area (Å²) in [4.78, 5) is 0. The van der Waals surface area contributed by atoms with Crippen LogP contribution in [0.15, 0.2) is 150 Å². The second kappa shape index (κ2) is 10.9. The maximum absolute atomic E-state index is 4.88. The van der Waals surface area contributed by atoms with E-state index in [4.69, 9.17) is 5.10 Å². The summed E-state index contributed by atoms with van der Waals surface area (Å²) in [6.45, 7) is 2.13. The van der Waals surface area contributed by atoms with Gasteiger partial charge in [-0.15, -0.1) is 0 Å². The number of aromatic nitrogens is 2. The van der Waals surface area contributed by atoms with E-state index in [1.54, 1.807) is 0 Å². The molecule has 0 saturated heterocycles. The third-order valence-electron chi connectivity index (χ3n) is 7.45. The summed E-state index contributed by atoms with van der Waals surface area (Å²) >= 11 is 4.02. The van der Waals surface area contributed by atoms with Gasteiger partial charge in [0, 0.05) is 23.3 Å². The number of halogens is 1. The first-order valence-corrected chi connectivity index (χ1v) is 14.0. The van der Waals surface area contributed by atoms with Gasteiger partial charge in [0.1, 0.15) is 5.54 Å². The van der Waals surface area contributed by atoms with Gasteiger partial charge in [0.2, 0.25) is 0 Å². The molecule has 0 amide bonds. The molecular formula is C36H29BrN2. The standard InChI is InChI=1S/C36H29BrN2/c1-27-18-20-30(21-19-27)34-25-32(24-33(35(34)37)29-14-7-3-8-15-29)36(39-23-11-22-38-39,31-16-9-4-10-17-31)26-28-12-5-2-6-13-28/h2-25H,26H2,1H3. The fourth-order valence-corrected chi connectivity index (χ4v) is 6.14. The van der Waals surface area contributed by atoms with Crippen molar-refractivity contribution in [2.75, 3.05) is 0 Å². The van der Waals surface area contributed by atoms with Crippen LogP contribution >= 0.6 is 15.9 Å². The van der Waals surface area contributed by atoms with E-state index < -0.39 is 5.54 Å². The molecule has 3 heteroatoms. The maximum Gasteiger partial charge on any atom is 0.117 e. The molecule has 1 heterocycles. The van der Waals surface area contributed by atoms with Crippen LogP contribution in [0.25, 0.3) is 22.3 Å². The zero-order valence-electron chi connectivity index (χ0n) is 21.8. The summed E-state index contributed by atoms with van der Waals surface area (Å²) in [6.07, 6.45) is 4.72. The van der Waals surface area contributed by atoms with E-state index in [2.05, 4.69) is 161 Å². The van der Waals surface area contributed by atoms with Gasteiger partial charge >= 0.3 is 0 Å². The highest BCUT2D eigenvalue weighted by atomic mass is 79.9. The van der Waals surface area contributed by atoms with E-state index in [-0.39, 0.29) is 0 Å². The molecule has 1 atom stereocenters.